The topological polar surface area (TPSA) is 66.3 Å². The molecule has 0 amide bonds. The predicted octanol–water partition coefficient (Wildman–Crippen LogP) is 3.37. The van der Waals surface area contributed by atoms with Crippen LogP contribution >= 0.6 is 0 Å². The summed E-state index contributed by atoms with van der Waals surface area (Å²) < 4.78 is 13.2. The minimum Gasteiger partial charge on any atom is -0.478 e. The largest absolute Gasteiger partial charge is 0.478 e. The van der Waals surface area contributed by atoms with Crippen molar-refractivity contribution in [3.05, 3.63) is 48.0 Å². The molecular formula is C18H18FN3O2. The van der Waals surface area contributed by atoms with E-state index in [0.717, 1.165) is 37.6 Å². The Morgan fingerprint density at radius 3 is 2.54 bits per heavy atom. The fourth-order valence-electron chi connectivity index (χ4n) is 2.77. The molecule has 0 saturated carbocycles. The maximum atomic E-state index is 13.2. The number of anilines is 1. The van der Waals surface area contributed by atoms with Gasteiger partial charge in [0, 0.05) is 24.7 Å². The van der Waals surface area contributed by atoms with Crippen LogP contribution in [-0.2, 0) is 4.79 Å². The van der Waals surface area contributed by atoms with Gasteiger partial charge in [-0.2, -0.15) is 0 Å². The van der Waals surface area contributed by atoms with Crippen LogP contribution in [0.15, 0.2) is 36.5 Å². The molecule has 0 radical (unpaired) electrons. The highest BCUT2D eigenvalue weighted by atomic mass is 19.1. The van der Waals surface area contributed by atoms with Crippen molar-refractivity contribution in [2.45, 2.75) is 19.3 Å². The number of benzene rings is 1. The number of nitrogens with zero attached hydrogens (tertiary/aromatic N) is 3. The SMILES string of the molecule is O=C(O)C=Cc1cnc(-c2ccc(F)cc2)c(N2CCCCC2)n1. The van der Waals surface area contributed by atoms with Crippen molar-refractivity contribution in [2.75, 3.05) is 18.0 Å². The molecule has 2 aromatic rings. The van der Waals surface area contributed by atoms with Crippen molar-refractivity contribution in [1.29, 1.82) is 0 Å². The van der Waals surface area contributed by atoms with E-state index in [4.69, 9.17) is 5.11 Å². The monoisotopic (exact) mass is 327 g/mol. The van der Waals surface area contributed by atoms with Crippen molar-refractivity contribution in [2.24, 2.45) is 0 Å². The van der Waals surface area contributed by atoms with Gasteiger partial charge in [0.2, 0.25) is 0 Å². The highest BCUT2D eigenvalue weighted by Crippen LogP contribution is 2.29. The molecule has 124 valence electrons. The number of carbonyl (C=O) groups is 1. The molecule has 1 fully saturated rings. The number of halogens is 1. The lowest BCUT2D eigenvalue weighted by atomic mass is 10.1. The third-order valence-electron chi connectivity index (χ3n) is 3.94. The summed E-state index contributed by atoms with van der Waals surface area (Å²) in [6.07, 6.45) is 7.36. The summed E-state index contributed by atoms with van der Waals surface area (Å²) in [5.74, 6) is -0.611. The van der Waals surface area contributed by atoms with Crippen LogP contribution in [0.3, 0.4) is 0 Å². The fraction of sp³-hybridized carbons (Fsp3) is 0.278. The molecule has 1 saturated heterocycles. The van der Waals surface area contributed by atoms with Gasteiger partial charge in [0.1, 0.15) is 11.5 Å². The van der Waals surface area contributed by atoms with Crippen LogP contribution in [-0.4, -0.2) is 34.1 Å². The highest BCUT2D eigenvalue weighted by Gasteiger charge is 2.18. The molecule has 0 unspecified atom stereocenters. The molecule has 5 nitrogen and oxygen atoms in total. The first-order chi connectivity index (χ1) is 11.6. The van der Waals surface area contributed by atoms with Gasteiger partial charge in [-0.3, -0.25) is 4.98 Å². The van der Waals surface area contributed by atoms with E-state index >= 15 is 0 Å². The molecule has 3 rings (SSSR count). The van der Waals surface area contributed by atoms with E-state index in [-0.39, 0.29) is 5.82 Å². The lowest BCUT2D eigenvalue weighted by molar-refractivity contribution is -0.131. The highest BCUT2D eigenvalue weighted by molar-refractivity contribution is 5.85. The Kier molecular flexibility index (Phi) is 4.84. The third-order valence-corrected chi connectivity index (χ3v) is 3.94. The van der Waals surface area contributed by atoms with Crippen LogP contribution in [0, 0.1) is 5.82 Å². The summed E-state index contributed by atoms with van der Waals surface area (Å²) in [6.45, 7) is 1.77. The third kappa shape index (κ3) is 3.76. The zero-order chi connectivity index (χ0) is 16.9. The molecular weight excluding hydrogens is 309 g/mol. The van der Waals surface area contributed by atoms with Gasteiger partial charge in [-0.1, -0.05) is 0 Å². The number of hydrogen-bond acceptors (Lipinski definition) is 4. The Labute approximate surface area is 139 Å². The molecule has 1 aliphatic rings. The zero-order valence-electron chi connectivity index (χ0n) is 13.2. The maximum absolute atomic E-state index is 13.2. The Balaban J connectivity index is 2.02. The van der Waals surface area contributed by atoms with Crippen LogP contribution in [0.5, 0.6) is 0 Å². The van der Waals surface area contributed by atoms with Crippen molar-refractivity contribution in [3.63, 3.8) is 0 Å². The predicted molar refractivity (Wildman–Crippen MR) is 90.2 cm³/mol. The summed E-state index contributed by atoms with van der Waals surface area (Å²) in [7, 11) is 0. The Hall–Kier alpha value is -2.76. The molecule has 24 heavy (non-hydrogen) atoms. The van der Waals surface area contributed by atoms with Crippen molar-refractivity contribution in [1.82, 2.24) is 9.97 Å². The lowest BCUT2D eigenvalue weighted by Gasteiger charge is -2.29. The summed E-state index contributed by atoms with van der Waals surface area (Å²) >= 11 is 0. The number of aromatic nitrogens is 2. The first kappa shape index (κ1) is 16.1. The molecule has 1 aromatic heterocycles. The standard InChI is InChI=1S/C18H18FN3O2/c19-14-6-4-13(5-7-14)17-18(22-10-2-1-3-11-22)21-15(12-20-17)8-9-16(23)24/h4-9,12H,1-3,10-11H2,(H,23,24). The van der Waals surface area contributed by atoms with Gasteiger partial charge >= 0.3 is 5.97 Å². The molecule has 0 atom stereocenters. The van der Waals surface area contributed by atoms with E-state index in [1.165, 1.54) is 30.8 Å². The van der Waals surface area contributed by atoms with Crippen molar-refractivity contribution < 1.29 is 14.3 Å². The molecule has 0 bridgehead atoms. The van der Waals surface area contributed by atoms with Gasteiger partial charge in [-0.05, 0) is 49.6 Å². The molecule has 1 N–H and O–H groups in total. The molecule has 2 heterocycles. The van der Waals surface area contributed by atoms with Crippen LogP contribution in [0.2, 0.25) is 0 Å². The lowest BCUT2D eigenvalue weighted by Crippen LogP contribution is -2.31. The van der Waals surface area contributed by atoms with E-state index in [1.54, 1.807) is 12.1 Å². The normalized spacial score (nSPS) is 15.0. The van der Waals surface area contributed by atoms with Gasteiger partial charge in [0.25, 0.3) is 0 Å². The summed E-state index contributed by atoms with van der Waals surface area (Å²) in [4.78, 5) is 21.9. The van der Waals surface area contributed by atoms with Gasteiger partial charge < -0.3 is 10.0 Å². The Morgan fingerprint density at radius 1 is 1.17 bits per heavy atom. The number of carboxylic acids is 1. The smallest absolute Gasteiger partial charge is 0.328 e. The second kappa shape index (κ2) is 7.21. The minimum atomic E-state index is -1.03. The van der Waals surface area contributed by atoms with Gasteiger partial charge in [0.05, 0.1) is 11.9 Å². The number of hydrogen-bond donors (Lipinski definition) is 1. The van der Waals surface area contributed by atoms with E-state index < -0.39 is 5.97 Å². The van der Waals surface area contributed by atoms with Crippen LogP contribution in [0.25, 0.3) is 17.3 Å². The van der Waals surface area contributed by atoms with E-state index in [2.05, 4.69) is 14.9 Å². The minimum absolute atomic E-state index is 0.299. The molecule has 6 heteroatoms. The van der Waals surface area contributed by atoms with Crippen molar-refractivity contribution in [3.8, 4) is 11.3 Å². The second-order valence-electron chi connectivity index (χ2n) is 5.69. The molecule has 1 aromatic carbocycles. The zero-order valence-corrected chi connectivity index (χ0v) is 13.2. The van der Waals surface area contributed by atoms with Gasteiger partial charge in [-0.25, -0.2) is 14.2 Å². The maximum Gasteiger partial charge on any atom is 0.328 e. The summed E-state index contributed by atoms with van der Waals surface area (Å²) in [5, 5.41) is 8.77. The average molecular weight is 327 g/mol. The van der Waals surface area contributed by atoms with E-state index in [0.29, 0.717) is 17.2 Å². The van der Waals surface area contributed by atoms with Gasteiger partial charge in [-0.15, -0.1) is 0 Å². The summed E-state index contributed by atoms with van der Waals surface area (Å²) in [6, 6.07) is 6.16. The van der Waals surface area contributed by atoms with Crippen LogP contribution in [0.1, 0.15) is 25.0 Å². The average Bonchev–Trinajstić information content (AvgIpc) is 2.61. The van der Waals surface area contributed by atoms with E-state index in [9.17, 15) is 9.18 Å². The number of aliphatic carboxylic acids is 1. The quantitative estimate of drug-likeness (QED) is 0.872. The second-order valence-corrected chi connectivity index (χ2v) is 5.69. The Morgan fingerprint density at radius 2 is 1.88 bits per heavy atom. The van der Waals surface area contributed by atoms with Crippen molar-refractivity contribution >= 4 is 17.9 Å². The van der Waals surface area contributed by atoms with Crippen LogP contribution in [0.4, 0.5) is 10.2 Å². The molecule has 1 aliphatic heterocycles. The first-order valence-electron chi connectivity index (χ1n) is 7.92. The summed E-state index contributed by atoms with van der Waals surface area (Å²) in [5.41, 5.74) is 1.96. The first-order valence-corrected chi connectivity index (χ1v) is 7.92. The number of rotatable bonds is 4. The molecule has 0 aliphatic carbocycles. The van der Waals surface area contributed by atoms with Crippen LogP contribution < -0.4 is 4.90 Å². The van der Waals surface area contributed by atoms with Gasteiger partial charge in [0.15, 0.2) is 5.82 Å². The number of carboxylic acid groups (broad SMARTS) is 1. The molecule has 0 spiro atoms. The number of piperidine rings is 1. The van der Waals surface area contributed by atoms with E-state index in [1.807, 2.05) is 0 Å². The Bertz CT molecular complexity index is 753. The fourth-order valence-corrected chi connectivity index (χ4v) is 2.77.